The van der Waals surface area contributed by atoms with E-state index in [0.29, 0.717) is 24.2 Å². The van der Waals surface area contributed by atoms with E-state index in [1.165, 1.54) is 16.8 Å². The molecular weight excluding hydrogens is 380 g/mol. The highest BCUT2D eigenvalue weighted by atomic mass is 19.3. The summed E-state index contributed by atoms with van der Waals surface area (Å²) in [6.45, 7) is 0. The molecule has 154 valence electrons. The molecule has 1 unspecified atom stereocenters. The largest absolute Gasteiger partial charge is 0.469 e. The minimum atomic E-state index is -2.69. The normalized spacial score (nSPS) is 19.7. The first-order chi connectivity index (χ1) is 13.2. The van der Waals surface area contributed by atoms with Crippen LogP contribution in [-0.2, 0) is 9.53 Å². The summed E-state index contributed by atoms with van der Waals surface area (Å²) in [6.07, 6.45) is -0.252. The second-order valence-electron chi connectivity index (χ2n) is 7.18. The number of fused-ring (bicyclic) bond motifs is 1. The van der Waals surface area contributed by atoms with Crippen LogP contribution in [0.15, 0.2) is 18.5 Å². The minimum Gasteiger partial charge on any atom is -0.469 e. The monoisotopic (exact) mass is 402 g/mol. The van der Waals surface area contributed by atoms with Crippen LogP contribution in [0.25, 0.3) is 5.65 Å². The third-order valence-corrected chi connectivity index (χ3v) is 5.27. The highest BCUT2D eigenvalue weighted by molar-refractivity contribution is 5.78. The molecule has 2 atom stereocenters. The van der Waals surface area contributed by atoms with E-state index >= 15 is 0 Å². The van der Waals surface area contributed by atoms with Crippen molar-refractivity contribution in [2.45, 2.75) is 56.4 Å². The lowest BCUT2D eigenvalue weighted by Crippen LogP contribution is -2.31. The Morgan fingerprint density at radius 2 is 2.07 bits per heavy atom. The molecule has 0 saturated heterocycles. The molecule has 1 saturated carbocycles. The average Bonchev–Trinajstić information content (AvgIpc) is 3.08. The van der Waals surface area contributed by atoms with Crippen molar-refractivity contribution in [3.05, 3.63) is 29.7 Å². The molecule has 0 aromatic carbocycles. The van der Waals surface area contributed by atoms with Crippen LogP contribution in [0.2, 0.25) is 0 Å². The molecule has 1 aliphatic rings. The number of rotatable bonds is 6. The third-order valence-electron chi connectivity index (χ3n) is 5.27. The summed E-state index contributed by atoms with van der Waals surface area (Å²) in [5, 5.41) is 4.12. The summed E-state index contributed by atoms with van der Waals surface area (Å²) in [5.41, 5.74) is 7.33. The molecule has 6 nitrogen and oxygen atoms in total. The van der Waals surface area contributed by atoms with Crippen molar-refractivity contribution in [3.63, 3.8) is 0 Å². The standard InChI is InChI=1S/C18H22F4N4O2/c1-28-17(27)12(7-14(19)20)11-6-15-25-13(9-26(15)24-8-11)16(23)10-2-4-18(21,22)5-3-10/h6,8-10,12,14,16H,2-5,7,23H2,1H3/t12?,16-/m0/s1. The van der Waals surface area contributed by atoms with Crippen molar-refractivity contribution in [3.8, 4) is 0 Å². The summed E-state index contributed by atoms with van der Waals surface area (Å²) in [6, 6.07) is 0.959. The van der Waals surface area contributed by atoms with Gasteiger partial charge in [-0.3, -0.25) is 4.79 Å². The van der Waals surface area contributed by atoms with Crippen LogP contribution < -0.4 is 5.73 Å². The fourth-order valence-electron chi connectivity index (χ4n) is 3.61. The fraction of sp³-hybridized carbons (Fsp3) is 0.611. The van der Waals surface area contributed by atoms with E-state index < -0.39 is 36.7 Å². The maximum atomic E-state index is 13.4. The second kappa shape index (κ2) is 8.02. The van der Waals surface area contributed by atoms with Crippen molar-refractivity contribution in [2.75, 3.05) is 7.11 Å². The number of carbonyl (C=O) groups is 1. The zero-order valence-corrected chi connectivity index (χ0v) is 15.3. The minimum absolute atomic E-state index is 0.120. The van der Waals surface area contributed by atoms with Gasteiger partial charge >= 0.3 is 5.97 Å². The summed E-state index contributed by atoms with van der Waals surface area (Å²) in [7, 11) is 1.13. The van der Waals surface area contributed by atoms with Crippen LogP contribution in [0, 0.1) is 5.92 Å². The van der Waals surface area contributed by atoms with E-state index in [-0.39, 0.29) is 24.3 Å². The van der Waals surface area contributed by atoms with E-state index in [1.54, 1.807) is 6.20 Å². The summed E-state index contributed by atoms with van der Waals surface area (Å²) in [5.74, 6) is -4.69. The Balaban J connectivity index is 1.83. The molecule has 0 bridgehead atoms. The highest BCUT2D eigenvalue weighted by Crippen LogP contribution is 2.40. The Morgan fingerprint density at radius 3 is 2.68 bits per heavy atom. The first-order valence-corrected chi connectivity index (χ1v) is 9.05. The predicted molar refractivity (Wildman–Crippen MR) is 92.2 cm³/mol. The van der Waals surface area contributed by atoms with Crippen LogP contribution in [-0.4, -0.2) is 40.0 Å². The lowest BCUT2D eigenvalue weighted by molar-refractivity contribution is -0.143. The third kappa shape index (κ3) is 4.43. The number of alkyl halides is 4. The van der Waals surface area contributed by atoms with E-state index in [0.717, 1.165) is 7.11 Å². The smallest absolute Gasteiger partial charge is 0.313 e. The van der Waals surface area contributed by atoms with Gasteiger partial charge in [0.05, 0.1) is 37.2 Å². The lowest BCUT2D eigenvalue weighted by atomic mass is 9.81. The highest BCUT2D eigenvalue weighted by Gasteiger charge is 2.37. The molecule has 0 amide bonds. The molecule has 10 heteroatoms. The van der Waals surface area contributed by atoms with Gasteiger partial charge in [0.2, 0.25) is 12.3 Å². The Labute approximate surface area is 159 Å². The number of nitrogens with two attached hydrogens (primary N) is 1. The number of ether oxygens (including phenoxy) is 1. The number of imidazole rings is 1. The number of nitrogens with zero attached hydrogens (tertiary/aromatic N) is 3. The van der Waals surface area contributed by atoms with E-state index in [1.807, 2.05) is 0 Å². The van der Waals surface area contributed by atoms with E-state index in [9.17, 15) is 22.4 Å². The second-order valence-corrected chi connectivity index (χ2v) is 7.18. The topological polar surface area (TPSA) is 82.5 Å². The van der Waals surface area contributed by atoms with Crippen LogP contribution >= 0.6 is 0 Å². The SMILES string of the molecule is COC(=O)C(CC(F)F)c1cnn2cc([C@@H](N)C3CCC(F)(F)CC3)nc2c1. The molecule has 0 aliphatic heterocycles. The number of carbonyl (C=O) groups excluding carboxylic acids is 1. The maximum Gasteiger partial charge on any atom is 0.313 e. The van der Waals surface area contributed by atoms with Crippen molar-refractivity contribution in [2.24, 2.45) is 11.7 Å². The molecule has 0 spiro atoms. The number of hydrogen-bond acceptors (Lipinski definition) is 5. The molecule has 1 aliphatic carbocycles. The number of methoxy groups -OCH3 is 1. The van der Waals surface area contributed by atoms with Gasteiger partial charge in [-0.2, -0.15) is 5.10 Å². The van der Waals surface area contributed by atoms with Crippen LogP contribution in [0.4, 0.5) is 17.6 Å². The number of hydrogen-bond donors (Lipinski definition) is 1. The van der Waals surface area contributed by atoms with E-state index in [4.69, 9.17) is 5.73 Å². The van der Waals surface area contributed by atoms with Gasteiger partial charge in [0.15, 0.2) is 5.65 Å². The molecule has 28 heavy (non-hydrogen) atoms. The van der Waals surface area contributed by atoms with Gasteiger partial charge in [-0.05, 0) is 30.4 Å². The van der Waals surface area contributed by atoms with Crippen LogP contribution in [0.1, 0.15) is 55.3 Å². The Bertz CT molecular complexity index is 832. The molecule has 0 radical (unpaired) electrons. The average molecular weight is 402 g/mol. The zero-order valence-electron chi connectivity index (χ0n) is 15.3. The van der Waals surface area contributed by atoms with Gasteiger partial charge < -0.3 is 10.5 Å². The van der Waals surface area contributed by atoms with Crippen LogP contribution in [0.5, 0.6) is 0 Å². The van der Waals surface area contributed by atoms with Gasteiger partial charge in [-0.25, -0.2) is 27.1 Å². The van der Waals surface area contributed by atoms with Gasteiger partial charge in [-0.15, -0.1) is 0 Å². The fourth-order valence-corrected chi connectivity index (χ4v) is 3.61. The molecular formula is C18H22F4N4O2. The zero-order chi connectivity index (χ0) is 20.5. The van der Waals surface area contributed by atoms with Gasteiger partial charge in [0, 0.05) is 19.3 Å². The Hall–Kier alpha value is -2.23. The molecule has 2 heterocycles. The summed E-state index contributed by atoms with van der Waals surface area (Å²) >= 11 is 0. The lowest BCUT2D eigenvalue weighted by Gasteiger charge is -2.31. The molecule has 2 aromatic heterocycles. The van der Waals surface area contributed by atoms with Crippen molar-refractivity contribution in [1.82, 2.24) is 14.6 Å². The Morgan fingerprint density at radius 1 is 1.39 bits per heavy atom. The van der Waals surface area contributed by atoms with Gasteiger partial charge in [0.1, 0.15) is 0 Å². The molecule has 3 rings (SSSR count). The molecule has 2 aromatic rings. The van der Waals surface area contributed by atoms with Gasteiger partial charge in [-0.1, -0.05) is 0 Å². The Kier molecular flexibility index (Phi) is 5.87. The molecule has 1 fully saturated rings. The van der Waals surface area contributed by atoms with Gasteiger partial charge in [0.25, 0.3) is 0 Å². The summed E-state index contributed by atoms with van der Waals surface area (Å²) in [4.78, 5) is 16.2. The quantitative estimate of drug-likeness (QED) is 0.591. The van der Waals surface area contributed by atoms with Crippen LogP contribution in [0.3, 0.4) is 0 Å². The van der Waals surface area contributed by atoms with Crippen molar-refractivity contribution in [1.29, 1.82) is 0 Å². The number of aromatic nitrogens is 3. The first kappa shape index (κ1) is 20.5. The van der Waals surface area contributed by atoms with E-state index in [2.05, 4.69) is 14.8 Å². The predicted octanol–water partition coefficient (Wildman–Crippen LogP) is 3.47. The number of halogens is 4. The summed E-state index contributed by atoms with van der Waals surface area (Å²) < 4.78 is 58.4. The number of esters is 1. The maximum absolute atomic E-state index is 13.4. The van der Waals surface area contributed by atoms with Crippen molar-refractivity contribution < 1.29 is 27.1 Å². The first-order valence-electron chi connectivity index (χ1n) is 9.05. The molecule has 2 N–H and O–H groups in total. The van der Waals surface area contributed by atoms with Crippen molar-refractivity contribution >= 4 is 11.6 Å².